The lowest BCUT2D eigenvalue weighted by Gasteiger charge is -2.34. The second kappa shape index (κ2) is 6.39. The largest absolute Gasteiger partial charge is 0.341 e. The Kier molecular flexibility index (Phi) is 5.44. The van der Waals surface area contributed by atoms with Crippen molar-refractivity contribution in [1.82, 2.24) is 10.2 Å². The molecule has 1 saturated heterocycles. The minimum atomic E-state index is 0.0981. The molecule has 1 unspecified atom stereocenters. The number of piperidine rings is 1. The van der Waals surface area contributed by atoms with Gasteiger partial charge in [0.15, 0.2) is 0 Å². The van der Waals surface area contributed by atoms with E-state index in [0.717, 1.165) is 32.5 Å². The van der Waals surface area contributed by atoms with Gasteiger partial charge in [-0.3, -0.25) is 4.79 Å². The third kappa shape index (κ3) is 5.53. The summed E-state index contributed by atoms with van der Waals surface area (Å²) < 4.78 is 0. The summed E-state index contributed by atoms with van der Waals surface area (Å²) in [6, 6.07) is 0.507. The Morgan fingerprint density at radius 2 is 2.12 bits per heavy atom. The molecule has 1 aliphatic heterocycles. The lowest BCUT2D eigenvalue weighted by atomic mass is 9.91. The van der Waals surface area contributed by atoms with Crippen LogP contribution in [-0.4, -0.2) is 36.5 Å². The van der Waals surface area contributed by atoms with Gasteiger partial charge in [-0.1, -0.05) is 27.7 Å². The summed E-state index contributed by atoms with van der Waals surface area (Å²) in [4.78, 5) is 14.2. The van der Waals surface area contributed by atoms with E-state index >= 15 is 0 Å². The third-order valence-electron chi connectivity index (χ3n) is 3.14. The second-order valence-electron chi connectivity index (χ2n) is 6.37. The monoisotopic (exact) mass is 240 g/mol. The number of rotatable bonds is 4. The Hall–Kier alpha value is -0.570. The molecule has 100 valence electrons. The predicted molar refractivity (Wildman–Crippen MR) is 72.0 cm³/mol. The van der Waals surface area contributed by atoms with Gasteiger partial charge in [0.05, 0.1) is 0 Å². The van der Waals surface area contributed by atoms with Gasteiger partial charge >= 0.3 is 0 Å². The molecule has 3 nitrogen and oxygen atoms in total. The number of hydrogen-bond acceptors (Lipinski definition) is 2. The van der Waals surface area contributed by atoms with Crippen LogP contribution in [0, 0.1) is 5.41 Å². The summed E-state index contributed by atoms with van der Waals surface area (Å²) in [6.45, 7) is 11.5. The SMILES string of the molecule is CCCNC1CCCN(C(=O)CC(C)(C)C)C1. The number of hydrogen-bond donors (Lipinski definition) is 1. The molecule has 0 aliphatic carbocycles. The smallest absolute Gasteiger partial charge is 0.223 e. The van der Waals surface area contributed by atoms with Gasteiger partial charge in [-0.05, 0) is 31.2 Å². The van der Waals surface area contributed by atoms with E-state index in [1.165, 1.54) is 6.42 Å². The number of amides is 1. The molecule has 1 amide bonds. The zero-order chi connectivity index (χ0) is 12.9. The lowest BCUT2D eigenvalue weighted by Crippen LogP contribution is -2.48. The maximum atomic E-state index is 12.1. The van der Waals surface area contributed by atoms with Crippen LogP contribution in [0.15, 0.2) is 0 Å². The van der Waals surface area contributed by atoms with E-state index in [2.05, 4.69) is 33.0 Å². The van der Waals surface area contributed by atoms with Crippen molar-refractivity contribution in [2.75, 3.05) is 19.6 Å². The minimum Gasteiger partial charge on any atom is -0.341 e. The van der Waals surface area contributed by atoms with E-state index in [-0.39, 0.29) is 5.41 Å². The Balaban J connectivity index is 2.40. The number of likely N-dealkylation sites (tertiary alicyclic amines) is 1. The number of nitrogens with zero attached hydrogens (tertiary/aromatic N) is 1. The summed E-state index contributed by atoms with van der Waals surface area (Å²) in [6.07, 6.45) is 4.16. The molecule has 1 heterocycles. The molecule has 0 spiro atoms. The van der Waals surface area contributed by atoms with Gasteiger partial charge in [0.25, 0.3) is 0 Å². The predicted octanol–water partition coefficient (Wildman–Crippen LogP) is 2.41. The van der Waals surface area contributed by atoms with Crippen LogP contribution in [-0.2, 0) is 4.79 Å². The molecule has 1 rings (SSSR count). The van der Waals surface area contributed by atoms with Gasteiger partial charge in [0.1, 0.15) is 0 Å². The first-order valence-corrected chi connectivity index (χ1v) is 6.93. The van der Waals surface area contributed by atoms with Crippen molar-refractivity contribution in [2.45, 2.75) is 59.4 Å². The van der Waals surface area contributed by atoms with Crippen molar-refractivity contribution in [3.8, 4) is 0 Å². The van der Waals surface area contributed by atoms with Crippen LogP contribution in [0.2, 0.25) is 0 Å². The summed E-state index contributed by atoms with van der Waals surface area (Å²) in [5.41, 5.74) is 0.0981. The molecule has 0 bridgehead atoms. The lowest BCUT2D eigenvalue weighted by molar-refractivity contribution is -0.134. The zero-order valence-electron chi connectivity index (χ0n) is 11.9. The highest BCUT2D eigenvalue weighted by Gasteiger charge is 2.25. The molecule has 0 radical (unpaired) electrons. The fourth-order valence-corrected chi connectivity index (χ4v) is 2.28. The van der Waals surface area contributed by atoms with Crippen molar-refractivity contribution in [2.24, 2.45) is 5.41 Å². The van der Waals surface area contributed by atoms with Crippen molar-refractivity contribution in [3.63, 3.8) is 0 Å². The number of carbonyl (C=O) groups excluding carboxylic acids is 1. The quantitative estimate of drug-likeness (QED) is 0.818. The van der Waals surface area contributed by atoms with Crippen LogP contribution in [0.1, 0.15) is 53.4 Å². The first kappa shape index (κ1) is 14.5. The van der Waals surface area contributed by atoms with E-state index in [0.29, 0.717) is 18.4 Å². The van der Waals surface area contributed by atoms with E-state index in [1.54, 1.807) is 0 Å². The van der Waals surface area contributed by atoms with Gasteiger partial charge in [-0.15, -0.1) is 0 Å². The topological polar surface area (TPSA) is 32.3 Å². The molecular formula is C14H28N2O. The molecule has 0 aromatic heterocycles. The standard InChI is InChI=1S/C14H28N2O/c1-5-8-15-12-7-6-9-16(11-12)13(17)10-14(2,3)4/h12,15H,5-11H2,1-4H3. The Labute approximate surface area is 106 Å². The average molecular weight is 240 g/mol. The van der Waals surface area contributed by atoms with Crippen LogP contribution in [0.5, 0.6) is 0 Å². The normalized spacial score (nSPS) is 21.6. The molecule has 0 aromatic carbocycles. The van der Waals surface area contributed by atoms with Crippen molar-refractivity contribution >= 4 is 5.91 Å². The van der Waals surface area contributed by atoms with E-state index < -0.39 is 0 Å². The van der Waals surface area contributed by atoms with Crippen molar-refractivity contribution < 1.29 is 4.79 Å². The fourth-order valence-electron chi connectivity index (χ4n) is 2.28. The number of carbonyl (C=O) groups is 1. The van der Waals surface area contributed by atoms with Gasteiger partial charge < -0.3 is 10.2 Å². The summed E-state index contributed by atoms with van der Waals surface area (Å²) in [5, 5.41) is 3.53. The van der Waals surface area contributed by atoms with Crippen LogP contribution < -0.4 is 5.32 Å². The van der Waals surface area contributed by atoms with Crippen molar-refractivity contribution in [3.05, 3.63) is 0 Å². The Bertz CT molecular complexity index is 245. The first-order valence-electron chi connectivity index (χ1n) is 6.93. The molecule has 17 heavy (non-hydrogen) atoms. The van der Waals surface area contributed by atoms with Crippen LogP contribution in [0.3, 0.4) is 0 Å². The van der Waals surface area contributed by atoms with E-state index in [9.17, 15) is 4.79 Å². The molecule has 1 fully saturated rings. The number of nitrogens with one attached hydrogen (secondary N) is 1. The second-order valence-corrected chi connectivity index (χ2v) is 6.37. The highest BCUT2D eigenvalue weighted by atomic mass is 16.2. The van der Waals surface area contributed by atoms with Gasteiger partial charge in [-0.2, -0.15) is 0 Å². The van der Waals surface area contributed by atoms with Crippen LogP contribution >= 0.6 is 0 Å². The summed E-state index contributed by atoms with van der Waals surface area (Å²) in [7, 11) is 0. The molecule has 0 saturated carbocycles. The molecular weight excluding hydrogens is 212 g/mol. The Morgan fingerprint density at radius 3 is 2.71 bits per heavy atom. The van der Waals surface area contributed by atoms with Crippen LogP contribution in [0.25, 0.3) is 0 Å². The average Bonchev–Trinajstić information content (AvgIpc) is 2.24. The maximum absolute atomic E-state index is 12.1. The van der Waals surface area contributed by atoms with Gasteiger partial charge in [-0.25, -0.2) is 0 Å². The fraction of sp³-hybridized carbons (Fsp3) is 0.929. The molecule has 1 N–H and O–H groups in total. The van der Waals surface area contributed by atoms with E-state index in [4.69, 9.17) is 0 Å². The summed E-state index contributed by atoms with van der Waals surface area (Å²) >= 11 is 0. The highest BCUT2D eigenvalue weighted by Crippen LogP contribution is 2.21. The Morgan fingerprint density at radius 1 is 1.41 bits per heavy atom. The zero-order valence-corrected chi connectivity index (χ0v) is 11.9. The minimum absolute atomic E-state index is 0.0981. The molecule has 1 atom stereocenters. The van der Waals surface area contributed by atoms with Gasteiger partial charge in [0, 0.05) is 25.6 Å². The highest BCUT2D eigenvalue weighted by molar-refractivity contribution is 5.77. The first-order chi connectivity index (χ1) is 7.92. The molecule has 1 aliphatic rings. The van der Waals surface area contributed by atoms with Crippen LogP contribution in [0.4, 0.5) is 0 Å². The molecule has 0 aromatic rings. The molecule has 3 heteroatoms. The maximum Gasteiger partial charge on any atom is 0.223 e. The van der Waals surface area contributed by atoms with Crippen molar-refractivity contribution in [1.29, 1.82) is 0 Å². The van der Waals surface area contributed by atoms with Gasteiger partial charge in [0.2, 0.25) is 5.91 Å². The third-order valence-corrected chi connectivity index (χ3v) is 3.14. The van der Waals surface area contributed by atoms with E-state index in [1.807, 2.05) is 4.90 Å². The summed E-state index contributed by atoms with van der Waals surface area (Å²) in [5.74, 6) is 0.320.